The van der Waals surface area contributed by atoms with E-state index in [1.807, 2.05) is 6.08 Å². The highest BCUT2D eigenvalue weighted by Crippen LogP contribution is 2.22. The minimum atomic E-state index is -1.56. The Morgan fingerprint density at radius 3 is 1.73 bits per heavy atom. The van der Waals surface area contributed by atoms with Gasteiger partial charge in [0.15, 0.2) is 6.29 Å². The number of ether oxygens (including phenoxy) is 2. The molecule has 0 unspecified atom stereocenters. The van der Waals surface area contributed by atoms with Gasteiger partial charge >= 0.3 is 0 Å². The lowest BCUT2D eigenvalue weighted by Gasteiger charge is -2.40. The van der Waals surface area contributed by atoms with Crippen LogP contribution >= 0.6 is 0 Å². The summed E-state index contributed by atoms with van der Waals surface area (Å²) >= 11 is 0. The van der Waals surface area contributed by atoms with Crippen LogP contribution in [0.2, 0.25) is 0 Å². The van der Waals surface area contributed by atoms with E-state index in [2.05, 4.69) is 19.2 Å². The second kappa shape index (κ2) is 28.0. The van der Waals surface area contributed by atoms with E-state index in [0.717, 1.165) is 38.5 Å². The van der Waals surface area contributed by atoms with Gasteiger partial charge in [-0.2, -0.15) is 0 Å². The van der Waals surface area contributed by atoms with Crippen LogP contribution in [0.3, 0.4) is 0 Å². The first-order chi connectivity index (χ1) is 21.8. The van der Waals surface area contributed by atoms with Crippen LogP contribution in [-0.2, 0) is 14.3 Å². The van der Waals surface area contributed by atoms with Gasteiger partial charge in [-0.05, 0) is 19.3 Å². The third kappa shape index (κ3) is 20.0. The van der Waals surface area contributed by atoms with Crippen LogP contribution in [0.1, 0.15) is 155 Å². The quantitative estimate of drug-likeness (QED) is 0.0441. The third-order valence-corrected chi connectivity index (χ3v) is 8.86. The van der Waals surface area contributed by atoms with E-state index >= 15 is 0 Å². The van der Waals surface area contributed by atoms with E-state index < -0.39 is 49.5 Å². The zero-order valence-corrected chi connectivity index (χ0v) is 28.6. The topological polar surface area (TPSA) is 149 Å². The van der Waals surface area contributed by atoms with Crippen molar-refractivity contribution < 1.29 is 39.8 Å². The number of aliphatic hydroxyl groups is 5. The molecule has 1 amide bonds. The number of aliphatic hydroxyl groups excluding tert-OH is 5. The Bertz CT molecular complexity index is 721. The van der Waals surface area contributed by atoms with Gasteiger partial charge < -0.3 is 40.3 Å². The third-order valence-electron chi connectivity index (χ3n) is 8.86. The average molecular weight is 644 g/mol. The summed E-state index contributed by atoms with van der Waals surface area (Å²) in [6, 6.07) is -0.794. The van der Waals surface area contributed by atoms with E-state index in [9.17, 15) is 30.3 Å². The summed E-state index contributed by atoms with van der Waals surface area (Å²) in [6.45, 7) is 3.71. The second-order valence-electron chi connectivity index (χ2n) is 13.0. The molecule has 1 aliphatic rings. The van der Waals surface area contributed by atoms with E-state index in [-0.39, 0.29) is 12.5 Å². The molecule has 1 fully saturated rings. The first kappa shape index (κ1) is 42.0. The van der Waals surface area contributed by atoms with Crippen molar-refractivity contribution in [1.29, 1.82) is 0 Å². The molecular weight excluding hydrogens is 574 g/mol. The van der Waals surface area contributed by atoms with Crippen LogP contribution in [0.15, 0.2) is 12.2 Å². The Kier molecular flexibility index (Phi) is 26.1. The van der Waals surface area contributed by atoms with Crippen molar-refractivity contribution in [3.8, 4) is 0 Å². The van der Waals surface area contributed by atoms with Gasteiger partial charge in [0.25, 0.3) is 0 Å². The number of carbonyl (C=O) groups is 1. The van der Waals surface area contributed by atoms with Crippen LogP contribution in [0, 0.1) is 0 Å². The summed E-state index contributed by atoms with van der Waals surface area (Å²) in [5.74, 6) is -0.182. The summed E-state index contributed by atoms with van der Waals surface area (Å²) in [7, 11) is 0. The van der Waals surface area contributed by atoms with Crippen molar-refractivity contribution in [3.05, 3.63) is 12.2 Å². The predicted octanol–water partition coefficient (Wildman–Crippen LogP) is 5.83. The zero-order chi connectivity index (χ0) is 33.1. The molecule has 0 spiro atoms. The van der Waals surface area contributed by atoms with Gasteiger partial charge in [0, 0.05) is 6.42 Å². The molecule has 266 valence electrons. The van der Waals surface area contributed by atoms with E-state index in [1.54, 1.807) is 6.08 Å². The molecule has 0 radical (unpaired) electrons. The Morgan fingerprint density at radius 1 is 0.733 bits per heavy atom. The Morgan fingerprint density at radius 2 is 1.22 bits per heavy atom. The number of nitrogens with one attached hydrogen (secondary N) is 1. The fourth-order valence-corrected chi connectivity index (χ4v) is 5.80. The minimum absolute atomic E-state index is 0.182. The van der Waals surface area contributed by atoms with Crippen LogP contribution in [0.5, 0.6) is 0 Å². The average Bonchev–Trinajstić information content (AvgIpc) is 3.04. The number of hydrogen-bond acceptors (Lipinski definition) is 8. The number of hydrogen-bond donors (Lipinski definition) is 6. The first-order valence-electron chi connectivity index (χ1n) is 18.4. The molecule has 45 heavy (non-hydrogen) atoms. The molecule has 0 saturated carbocycles. The summed E-state index contributed by atoms with van der Waals surface area (Å²) in [5.41, 5.74) is 0. The van der Waals surface area contributed by atoms with Crippen molar-refractivity contribution >= 4 is 5.91 Å². The highest BCUT2D eigenvalue weighted by atomic mass is 16.7. The highest BCUT2D eigenvalue weighted by molar-refractivity contribution is 5.76. The van der Waals surface area contributed by atoms with Crippen LogP contribution in [0.25, 0.3) is 0 Å². The number of unbranched alkanes of at least 4 members (excludes halogenated alkanes) is 19. The summed E-state index contributed by atoms with van der Waals surface area (Å²) in [4.78, 5) is 12.8. The summed E-state index contributed by atoms with van der Waals surface area (Å²) in [5, 5.41) is 53.7. The molecule has 1 aliphatic heterocycles. The normalized spacial score (nSPS) is 23.4. The lowest BCUT2D eigenvalue weighted by atomic mass is 9.99. The van der Waals surface area contributed by atoms with Gasteiger partial charge in [0.05, 0.1) is 25.4 Å². The molecule has 0 aromatic carbocycles. The molecular formula is C36H69NO8. The first-order valence-corrected chi connectivity index (χ1v) is 18.4. The predicted molar refractivity (Wildman–Crippen MR) is 180 cm³/mol. The van der Waals surface area contributed by atoms with Gasteiger partial charge in [-0.1, -0.05) is 142 Å². The molecule has 1 saturated heterocycles. The standard InChI is InChI=1S/C36H69NO8/c1-3-5-7-9-11-13-14-15-16-18-19-21-23-25-30(39)29(28-44-36-35(43)34(42)33(41)31(27-38)45-36)37-32(40)26-24-22-20-17-12-10-8-6-4-2/h23,25,29-31,33-36,38-39,41-43H,3-22,24,26-28H2,1-2H3,(H,37,40)/t29-,30+,31+,33-,34-,35+,36+/m0/s1. The SMILES string of the molecule is CCCCCCCCCCCCCC=C[C@@H](O)[C@H](CO[C@@H]1O[C@H](CO)[C@H](O)[C@H](O)[C@H]1O)NC(=O)CCCCCCCCCCC. The highest BCUT2D eigenvalue weighted by Gasteiger charge is 2.44. The van der Waals surface area contributed by atoms with E-state index in [1.165, 1.54) is 96.3 Å². The van der Waals surface area contributed by atoms with Gasteiger partial charge in [-0.15, -0.1) is 0 Å². The summed E-state index contributed by atoms with van der Waals surface area (Å²) < 4.78 is 11.1. The second-order valence-corrected chi connectivity index (χ2v) is 13.0. The molecule has 1 rings (SSSR count). The molecule has 9 heteroatoms. The van der Waals surface area contributed by atoms with Crippen molar-refractivity contribution in [1.82, 2.24) is 5.32 Å². The van der Waals surface area contributed by atoms with E-state index in [0.29, 0.717) is 6.42 Å². The number of rotatable bonds is 29. The molecule has 7 atom stereocenters. The van der Waals surface area contributed by atoms with Gasteiger partial charge in [-0.3, -0.25) is 4.79 Å². The monoisotopic (exact) mass is 644 g/mol. The fourth-order valence-electron chi connectivity index (χ4n) is 5.80. The molecule has 0 aliphatic carbocycles. The Labute approximate surface area is 274 Å². The molecule has 0 bridgehead atoms. The number of carbonyl (C=O) groups excluding carboxylic acids is 1. The van der Waals surface area contributed by atoms with Crippen LogP contribution in [-0.4, -0.2) is 87.5 Å². The summed E-state index contributed by atoms with van der Waals surface area (Å²) in [6.07, 6.45) is 21.1. The maximum absolute atomic E-state index is 12.8. The van der Waals surface area contributed by atoms with Crippen LogP contribution < -0.4 is 5.32 Å². The van der Waals surface area contributed by atoms with Crippen molar-refractivity contribution in [2.45, 2.75) is 198 Å². The lowest BCUT2D eigenvalue weighted by Crippen LogP contribution is -2.60. The van der Waals surface area contributed by atoms with Crippen molar-refractivity contribution in [2.24, 2.45) is 0 Å². The zero-order valence-electron chi connectivity index (χ0n) is 28.6. The van der Waals surface area contributed by atoms with Crippen molar-refractivity contribution in [3.63, 3.8) is 0 Å². The number of amides is 1. The maximum Gasteiger partial charge on any atom is 0.220 e. The van der Waals surface area contributed by atoms with Crippen LogP contribution in [0.4, 0.5) is 0 Å². The minimum Gasteiger partial charge on any atom is -0.394 e. The molecule has 6 N–H and O–H groups in total. The Balaban J connectivity index is 2.49. The molecule has 0 aromatic heterocycles. The van der Waals surface area contributed by atoms with Gasteiger partial charge in [0.2, 0.25) is 5.91 Å². The van der Waals surface area contributed by atoms with Gasteiger partial charge in [0.1, 0.15) is 24.4 Å². The van der Waals surface area contributed by atoms with Gasteiger partial charge in [-0.25, -0.2) is 0 Å². The fraction of sp³-hybridized carbons (Fsp3) is 0.917. The van der Waals surface area contributed by atoms with E-state index in [4.69, 9.17) is 9.47 Å². The molecule has 1 heterocycles. The molecule has 9 nitrogen and oxygen atoms in total. The maximum atomic E-state index is 12.8. The largest absolute Gasteiger partial charge is 0.394 e. The van der Waals surface area contributed by atoms with Crippen molar-refractivity contribution in [2.75, 3.05) is 13.2 Å². The number of allylic oxidation sites excluding steroid dienone is 1. The lowest BCUT2D eigenvalue weighted by molar-refractivity contribution is -0.302. The Hall–Kier alpha value is -1.07. The molecule has 0 aromatic rings. The smallest absolute Gasteiger partial charge is 0.220 e.